The Labute approximate surface area is 74.1 Å². The number of hydrogen-bond donors (Lipinski definition) is 1. The molecule has 0 heterocycles. The third-order valence-corrected chi connectivity index (χ3v) is 2.09. The molecule has 0 aromatic rings. The van der Waals surface area contributed by atoms with Crippen molar-refractivity contribution >= 4 is 5.84 Å². The van der Waals surface area contributed by atoms with Crippen molar-refractivity contribution in [1.82, 2.24) is 5.32 Å². The zero-order valence-corrected chi connectivity index (χ0v) is 7.42. The smallest absolute Gasteiger partial charge is 0.124 e. The van der Waals surface area contributed by atoms with Crippen LogP contribution in [-0.4, -0.2) is 11.9 Å². The second-order valence-electron chi connectivity index (χ2n) is 3.01. The summed E-state index contributed by atoms with van der Waals surface area (Å²) in [7, 11) is 0. The minimum Gasteiger partial charge on any atom is -0.348 e. The van der Waals surface area contributed by atoms with Gasteiger partial charge in [-0.3, -0.25) is 4.99 Å². The first-order valence-corrected chi connectivity index (χ1v) is 4.44. The molecule has 0 saturated heterocycles. The van der Waals surface area contributed by atoms with E-state index in [1.165, 1.54) is 25.7 Å². The Morgan fingerprint density at radius 2 is 2.00 bits per heavy atom. The third-order valence-electron chi connectivity index (χ3n) is 2.09. The molecule has 0 bridgehead atoms. The molecular weight excluding hydrogens is 148 g/mol. The van der Waals surface area contributed by atoms with Crippen LogP contribution in [0.15, 0.2) is 30.4 Å². The van der Waals surface area contributed by atoms with E-state index >= 15 is 0 Å². The van der Waals surface area contributed by atoms with Crippen LogP contribution < -0.4 is 5.32 Å². The van der Waals surface area contributed by atoms with Crippen LogP contribution in [0.3, 0.4) is 0 Å². The van der Waals surface area contributed by atoms with Crippen LogP contribution in [0.2, 0.25) is 0 Å². The summed E-state index contributed by atoms with van der Waals surface area (Å²) in [5, 5.41) is 2.96. The Morgan fingerprint density at radius 1 is 1.33 bits per heavy atom. The molecule has 0 amide bonds. The van der Waals surface area contributed by atoms with Crippen molar-refractivity contribution in [3.63, 3.8) is 0 Å². The molecule has 12 heavy (non-hydrogen) atoms. The molecule has 1 fully saturated rings. The lowest BCUT2D eigenvalue weighted by molar-refractivity contribution is 0.704. The number of aliphatic imine (C=N–C) groups is 1. The predicted octanol–water partition coefficient (Wildman–Crippen LogP) is 2.25. The summed E-state index contributed by atoms with van der Waals surface area (Å²) < 4.78 is 0. The van der Waals surface area contributed by atoms with E-state index in [0.29, 0.717) is 6.04 Å². The molecule has 1 N–H and O–H groups in total. The number of hydrogen-bond acceptors (Lipinski definition) is 1. The molecule has 66 valence electrons. The second kappa shape index (κ2) is 4.75. The molecular formula is C10H16N2. The molecule has 0 unspecified atom stereocenters. The van der Waals surface area contributed by atoms with Gasteiger partial charge in [-0.05, 0) is 25.1 Å². The Hall–Kier alpha value is -1.05. The third kappa shape index (κ3) is 2.53. The first-order chi connectivity index (χ1) is 5.86. The highest BCUT2D eigenvalue weighted by Gasteiger charge is 2.13. The molecule has 1 saturated carbocycles. The Morgan fingerprint density at radius 3 is 2.50 bits per heavy atom. The van der Waals surface area contributed by atoms with Crippen molar-refractivity contribution in [2.75, 3.05) is 0 Å². The summed E-state index contributed by atoms with van der Waals surface area (Å²) >= 11 is 0. The molecule has 0 aromatic carbocycles. The zero-order valence-electron chi connectivity index (χ0n) is 7.42. The fourth-order valence-electron chi connectivity index (χ4n) is 1.48. The average molecular weight is 164 g/mol. The summed E-state index contributed by atoms with van der Waals surface area (Å²) in [4.78, 5) is 4.50. The van der Waals surface area contributed by atoms with Gasteiger partial charge in [0, 0.05) is 0 Å². The Bertz CT molecular complexity index is 188. The van der Waals surface area contributed by atoms with Crippen molar-refractivity contribution in [2.45, 2.75) is 31.7 Å². The van der Waals surface area contributed by atoms with Gasteiger partial charge in [0.25, 0.3) is 0 Å². The topological polar surface area (TPSA) is 24.4 Å². The maximum Gasteiger partial charge on any atom is 0.124 e. The van der Waals surface area contributed by atoms with Gasteiger partial charge in [0.1, 0.15) is 5.84 Å². The molecule has 1 aliphatic carbocycles. The molecule has 1 aliphatic rings. The van der Waals surface area contributed by atoms with Crippen LogP contribution in [0.25, 0.3) is 0 Å². The highest BCUT2D eigenvalue weighted by atomic mass is 15.0. The fraction of sp³-hybridized carbons (Fsp3) is 0.500. The lowest BCUT2D eigenvalue weighted by Gasteiger charge is -2.05. The highest BCUT2D eigenvalue weighted by Crippen LogP contribution is 2.20. The van der Waals surface area contributed by atoms with E-state index in [9.17, 15) is 0 Å². The van der Waals surface area contributed by atoms with Crippen LogP contribution in [0.4, 0.5) is 0 Å². The molecule has 0 spiro atoms. The minimum atomic E-state index is 0.505. The van der Waals surface area contributed by atoms with Gasteiger partial charge >= 0.3 is 0 Å². The molecule has 2 heteroatoms. The lowest BCUT2D eigenvalue weighted by Crippen LogP contribution is -2.16. The maximum absolute atomic E-state index is 4.50. The van der Waals surface area contributed by atoms with E-state index in [4.69, 9.17) is 0 Å². The average Bonchev–Trinajstić information content (AvgIpc) is 2.56. The van der Waals surface area contributed by atoms with E-state index in [2.05, 4.69) is 23.5 Å². The standard InChI is InChI=1S/C10H16N2/c1-3-10(11-4-2)12-9-7-5-6-8-9/h3-4,9H,1-2,5-8H2,(H,11,12). The van der Waals surface area contributed by atoms with Crippen molar-refractivity contribution < 1.29 is 0 Å². The van der Waals surface area contributed by atoms with Crippen LogP contribution in [0.1, 0.15) is 25.7 Å². The summed E-state index contributed by atoms with van der Waals surface area (Å²) in [5.74, 6) is 0.844. The van der Waals surface area contributed by atoms with E-state index in [0.717, 1.165) is 5.84 Å². The van der Waals surface area contributed by atoms with Crippen LogP contribution in [-0.2, 0) is 0 Å². The van der Waals surface area contributed by atoms with Crippen molar-refractivity contribution in [1.29, 1.82) is 0 Å². The summed E-state index contributed by atoms with van der Waals surface area (Å²) in [6.07, 6.45) is 8.43. The van der Waals surface area contributed by atoms with E-state index < -0.39 is 0 Å². The molecule has 2 nitrogen and oxygen atoms in total. The van der Waals surface area contributed by atoms with Gasteiger partial charge in [-0.1, -0.05) is 26.0 Å². The quantitative estimate of drug-likeness (QED) is 0.502. The fourth-order valence-corrected chi connectivity index (χ4v) is 1.48. The van der Waals surface area contributed by atoms with Crippen molar-refractivity contribution in [3.8, 4) is 0 Å². The van der Waals surface area contributed by atoms with E-state index in [1.54, 1.807) is 12.3 Å². The minimum absolute atomic E-state index is 0.505. The van der Waals surface area contributed by atoms with Gasteiger partial charge in [0.05, 0.1) is 6.04 Å². The normalized spacial score (nSPS) is 19.2. The van der Waals surface area contributed by atoms with Crippen molar-refractivity contribution in [2.24, 2.45) is 4.99 Å². The second-order valence-corrected chi connectivity index (χ2v) is 3.01. The molecule has 0 radical (unpaired) electrons. The lowest BCUT2D eigenvalue weighted by atomic mass is 10.3. The summed E-state index contributed by atoms with van der Waals surface area (Å²) in [5.41, 5.74) is 0. The summed E-state index contributed by atoms with van der Waals surface area (Å²) in [6.45, 7) is 7.26. The van der Waals surface area contributed by atoms with Crippen LogP contribution in [0.5, 0.6) is 0 Å². The number of nitrogens with zero attached hydrogens (tertiary/aromatic N) is 1. The molecule has 0 aliphatic heterocycles. The summed E-state index contributed by atoms with van der Waals surface area (Å²) in [6, 6.07) is 0.505. The van der Waals surface area contributed by atoms with Gasteiger partial charge in [0.2, 0.25) is 0 Å². The largest absolute Gasteiger partial charge is 0.348 e. The zero-order chi connectivity index (χ0) is 8.81. The molecule has 1 rings (SSSR count). The predicted molar refractivity (Wildman–Crippen MR) is 53.2 cm³/mol. The van der Waals surface area contributed by atoms with E-state index in [1.807, 2.05) is 0 Å². The Kier molecular flexibility index (Phi) is 3.58. The first kappa shape index (κ1) is 9.04. The van der Waals surface area contributed by atoms with Gasteiger partial charge in [-0.2, -0.15) is 0 Å². The molecule has 0 atom stereocenters. The number of rotatable bonds is 3. The van der Waals surface area contributed by atoms with Gasteiger partial charge in [0.15, 0.2) is 0 Å². The van der Waals surface area contributed by atoms with Gasteiger partial charge < -0.3 is 5.32 Å². The maximum atomic E-state index is 4.50. The molecule has 0 aromatic heterocycles. The Balaban J connectivity index is 2.49. The monoisotopic (exact) mass is 164 g/mol. The SMILES string of the molecule is C=CNC(C=C)=NC1CCCC1. The number of amidine groups is 1. The first-order valence-electron chi connectivity index (χ1n) is 4.44. The van der Waals surface area contributed by atoms with E-state index in [-0.39, 0.29) is 0 Å². The van der Waals surface area contributed by atoms with Crippen molar-refractivity contribution in [3.05, 3.63) is 25.4 Å². The van der Waals surface area contributed by atoms with Gasteiger partial charge in [-0.15, -0.1) is 0 Å². The highest BCUT2D eigenvalue weighted by molar-refractivity contribution is 5.93. The van der Waals surface area contributed by atoms with Crippen LogP contribution >= 0.6 is 0 Å². The van der Waals surface area contributed by atoms with Gasteiger partial charge in [-0.25, -0.2) is 0 Å². The van der Waals surface area contributed by atoms with Crippen LogP contribution in [0, 0.1) is 0 Å². The number of nitrogens with one attached hydrogen (secondary N) is 1.